The highest BCUT2D eigenvalue weighted by Crippen LogP contribution is 2.34. The van der Waals surface area contributed by atoms with E-state index in [1.54, 1.807) is 0 Å². The minimum absolute atomic E-state index is 0.0694. The van der Waals surface area contributed by atoms with Crippen LogP contribution in [0.15, 0.2) is 12.7 Å². The maximum Gasteiger partial charge on any atom is 0.246 e. The summed E-state index contributed by atoms with van der Waals surface area (Å²) in [6.45, 7) is 7.50. The van der Waals surface area contributed by atoms with Crippen molar-refractivity contribution in [1.82, 2.24) is 9.80 Å². The first-order valence-electron chi connectivity index (χ1n) is 5.02. The lowest BCUT2D eigenvalue weighted by Gasteiger charge is -2.47. The molecular weight excluding hydrogens is 196 g/mol. The standard InChI is InChI=1S/C10H16N2OS/c1-3-10(13)12-6-9-8(12)4-5-11(9)7(2)14/h3,7-9,14H,1,4-6H2,2H3. The van der Waals surface area contributed by atoms with Gasteiger partial charge in [0.1, 0.15) is 0 Å². The fourth-order valence-corrected chi connectivity index (χ4v) is 2.77. The van der Waals surface area contributed by atoms with Gasteiger partial charge in [-0.25, -0.2) is 0 Å². The number of fused-ring (bicyclic) bond motifs is 1. The van der Waals surface area contributed by atoms with Gasteiger partial charge in [-0.15, -0.1) is 0 Å². The lowest BCUT2D eigenvalue weighted by molar-refractivity contribution is -0.136. The molecular formula is C10H16N2OS. The van der Waals surface area contributed by atoms with Gasteiger partial charge in [-0.2, -0.15) is 12.6 Å². The summed E-state index contributed by atoms with van der Waals surface area (Å²) in [7, 11) is 0. The van der Waals surface area contributed by atoms with E-state index in [4.69, 9.17) is 0 Å². The summed E-state index contributed by atoms with van der Waals surface area (Å²) >= 11 is 4.43. The summed E-state index contributed by atoms with van der Waals surface area (Å²) in [6, 6.07) is 0.946. The first-order valence-corrected chi connectivity index (χ1v) is 5.53. The number of thiol groups is 1. The van der Waals surface area contributed by atoms with Crippen LogP contribution in [0, 0.1) is 0 Å². The molecule has 2 aliphatic rings. The number of carbonyl (C=O) groups excluding carboxylic acids is 1. The van der Waals surface area contributed by atoms with Crippen LogP contribution in [0.4, 0.5) is 0 Å². The number of hydrogen-bond acceptors (Lipinski definition) is 3. The molecule has 78 valence electrons. The Kier molecular flexibility index (Phi) is 2.58. The average Bonchev–Trinajstić information content (AvgIpc) is 2.43. The number of nitrogens with zero attached hydrogens (tertiary/aromatic N) is 2. The van der Waals surface area contributed by atoms with Crippen LogP contribution >= 0.6 is 12.6 Å². The van der Waals surface area contributed by atoms with Gasteiger partial charge < -0.3 is 4.90 Å². The molecule has 2 saturated heterocycles. The molecule has 0 radical (unpaired) electrons. The van der Waals surface area contributed by atoms with Gasteiger partial charge in [-0.3, -0.25) is 9.69 Å². The summed E-state index contributed by atoms with van der Waals surface area (Å²) in [5.41, 5.74) is 0. The molecule has 2 aliphatic heterocycles. The van der Waals surface area contributed by atoms with E-state index in [2.05, 4.69) is 31.0 Å². The largest absolute Gasteiger partial charge is 0.333 e. The van der Waals surface area contributed by atoms with E-state index in [1.165, 1.54) is 6.08 Å². The first kappa shape index (κ1) is 10.1. The molecule has 0 N–H and O–H groups in total. The highest BCUT2D eigenvalue weighted by Gasteiger charge is 2.48. The number of likely N-dealkylation sites (tertiary alicyclic amines) is 2. The Morgan fingerprint density at radius 1 is 1.64 bits per heavy atom. The van der Waals surface area contributed by atoms with E-state index in [-0.39, 0.29) is 5.91 Å². The zero-order valence-electron chi connectivity index (χ0n) is 8.39. The minimum Gasteiger partial charge on any atom is -0.333 e. The fourth-order valence-electron chi connectivity index (χ4n) is 2.48. The van der Waals surface area contributed by atoms with E-state index >= 15 is 0 Å². The van der Waals surface area contributed by atoms with Crippen LogP contribution in [0.2, 0.25) is 0 Å². The molecule has 0 spiro atoms. The van der Waals surface area contributed by atoms with Gasteiger partial charge in [-0.05, 0) is 19.4 Å². The smallest absolute Gasteiger partial charge is 0.246 e. The number of hydrogen-bond donors (Lipinski definition) is 1. The lowest BCUT2D eigenvalue weighted by Crippen LogP contribution is -2.63. The topological polar surface area (TPSA) is 23.6 Å². The number of amides is 1. The van der Waals surface area contributed by atoms with E-state index in [9.17, 15) is 4.79 Å². The van der Waals surface area contributed by atoms with Crippen LogP contribution in [-0.2, 0) is 4.79 Å². The Morgan fingerprint density at radius 3 is 2.93 bits per heavy atom. The van der Waals surface area contributed by atoms with E-state index in [0.717, 1.165) is 19.5 Å². The van der Waals surface area contributed by atoms with Crippen molar-refractivity contribution in [3.63, 3.8) is 0 Å². The SMILES string of the molecule is C=CC(=O)N1CC2C1CCN2C(C)S. The van der Waals surface area contributed by atoms with Gasteiger partial charge in [0.05, 0.1) is 11.4 Å². The molecule has 2 fully saturated rings. The van der Waals surface area contributed by atoms with Crippen LogP contribution in [0.25, 0.3) is 0 Å². The van der Waals surface area contributed by atoms with Gasteiger partial charge in [0.15, 0.2) is 0 Å². The third-order valence-corrected chi connectivity index (χ3v) is 3.57. The van der Waals surface area contributed by atoms with Crippen molar-refractivity contribution in [2.45, 2.75) is 30.8 Å². The minimum atomic E-state index is 0.0694. The molecule has 4 heteroatoms. The second kappa shape index (κ2) is 3.59. The molecule has 0 aromatic carbocycles. The molecule has 0 aromatic heterocycles. The molecule has 1 amide bonds. The van der Waals surface area contributed by atoms with Crippen LogP contribution in [0.5, 0.6) is 0 Å². The molecule has 2 heterocycles. The van der Waals surface area contributed by atoms with Crippen LogP contribution in [-0.4, -0.2) is 46.3 Å². The molecule has 0 bridgehead atoms. The van der Waals surface area contributed by atoms with Crippen molar-refractivity contribution >= 4 is 18.5 Å². The van der Waals surface area contributed by atoms with E-state index in [1.807, 2.05) is 4.90 Å². The summed E-state index contributed by atoms with van der Waals surface area (Å²) < 4.78 is 0. The molecule has 3 nitrogen and oxygen atoms in total. The predicted molar refractivity (Wildman–Crippen MR) is 59.3 cm³/mol. The van der Waals surface area contributed by atoms with Crippen molar-refractivity contribution in [2.24, 2.45) is 0 Å². The molecule has 2 rings (SSSR count). The Labute approximate surface area is 90.2 Å². The average molecular weight is 212 g/mol. The van der Waals surface area contributed by atoms with Crippen molar-refractivity contribution in [3.05, 3.63) is 12.7 Å². The van der Waals surface area contributed by atoms with E-state index in [0.29, 0.717) is 17.5 Å². The Balaban J connectivity index is 1.98. The lowest BCUT2D eigenvalue weighted by atomic mass is 9.97. The van der Waals surface area contributed by atoms with Gasteiger partial charge in [0.25, 0.3) is 0 Å². The Morgan fingerprint density at radius 2 is 2.36 bits per heavy atom. The second-order valence-corrected chi connectivity index (χ2v) is 4.74. The third kappa shape index (κ3) is 1.37. The monoisotopic (exact) mass is 212 g/mol. The fraction of sp³-hybridized carbons (Fsp3) is 0.700. The van der Waals surface area contributed by atoms with Gasteiger partial charge >= 0.3 is 0 Å². The van der Waals surface area contributed by atoms with Gasteiger partial charge in [-0.1, -0.05) is 6.58 Å². The van der Waals surface area contributed by atoms with Crippen LogP contribution in [0.1, 0.15) is 13.3 Å². The number of rotatable bonds is 2. The molecule has 14 heavy (non-hydrogen) atoms. The van der Waals surface area contributed by atoms with Crippen molar-refractivity contribution < 1.29 is 4.79 Å². The Hall–Kier alpha value is -0.480. The summed E-state index contributed by atoms with van der Waals surface area (Å²) in [5, 5.41) is 0.297. The van der Waals surface area contributed by atoms with Crippen LogP contribution in [0.3, 0.4) is 0 Å². The summed E-state index contributed by atoms with van der Waals surface area (Å²) in [5.74, 6) is 0.0694. The number of carbonyl (C=O) groups is 1. The Bertz CT molecular complexity index is 267. The maximum atomic E-state index is 11.4. The zero-order chi connectivity index (χ0) is 10.3. The summed E-state index contributed by atoms with van der Waals surface area (Å²) in [4.78, 5) is 15.7. The molecule has 3 unspecified atom stereocenters. The molecule has 0 aromatic rings. The van der Waals surface area contributed by atoms with E-state index < -0.39 is 0 Å². The summed E-state index contributed by atoms with van der Waals surface area (Å²) in [6.07, 6.45) is 2.48. The molecule has 0 saturated carbocycles. The predicted octanol–water partition coefficient (Wildman–Crippen LogP) is 0.733. The molecule has 0 aliphatic carbocycles. The zero-order valence-corrected chi connectivity index (χ0v) is 9.28. The highest BCUT2D eigenvalue weighted by molar-refractivity contribution is 7.80. The second-order valence-electron chi connectivity index (χ2n) is 3.99. The van der Waals surface area contributed by atoms with Crippen molar-refractivity contribution in [3.8, 4) is 0 Å². The van der Waals surface area contributed by atoms with Crippen molar-refractivity contribution in [1.29, 1.82) is 0 Å². The first-order chi connectivity index (χ1) is 6.65. The maximum absolute atomic E-state index is 11.4. The molecule has 3 atom stereocenters. The highest BCUT2D eigenvalue weighted by atomic mass is 32.1. The van der Waals surface area contributed by atoms with Gasteiger partial charge in [0.2, 0.25) is 5.91 Å². The van der Waals surface area contributed by atoms with Crippen molar-refractivity contribution in [2.75, 3.05) is 13.1 Å². The van der Waals surface area contributed by atoms with Crippen LogP contribution < -0.4 is 0 Å². The normalized spacial score (nSPS) is 33.4. The quantitative estimate of drug-likeness (QED) is 0.539. The van der Waals surface area contributed by atoms with Gasteiger partial charge in [0, 0.05) is 19.1 Å². The third-order valence-electron chi connectivity index (χ3n) is 3.27.